The molecule has 4 aromatic rings. The maximum atomic E-state index is 12.4. The van der Waals surface area contributed by atoms with Gasteiger partial charge in [0.2, 0.25) is 5.91 Å². The average molecular weight is 403 g/mol. The summed E-state index contributed by atoms with van der Waals surface area (Å²) in [5.74, 6) is -0.361. The van der Waals surface area contributed by atoms with Crippen molar-refractivity contribution in [1.29, 1.82) is 0 Å². The molecule has 0 fully saturated rings. The highest BCUT2D eigenvalue weighted by Crippen LogP contribution is 2.32. The summed E-state index contributed by atoms with van der Waals surface area (Å²) in [6.45, 7) is -0.177. The molecule has 0 unspecified atom stereocenters. The molecule has 0 saturated heterocycles. The maximum absolute atomic E-state index is 12.4. The fourth-order valence-corrected chi connectivity index (χ4v) is 4.24. The Bertz CT molecular complexity index is 1160. The number of fused-ring (bicyclic) bond motifs is 1. The number of benzene rings is 1. The number of nitrogens with one attached hydrogen (secondary N) is 1. The smallest absolute Gasteiger partial charge is 0.275 e. The Balaban J connectivity index is 1.50. The Hall–Kier alpha value is -2.55. The van der Waals surface area contributed by atoms with Gasteiger partial charge in [0.25, 0.3) is 5.56 Å². The van der Waals surface area contributed by atoms with Crippen LogP contribution in [0.1, 0.15) is 0 Å². The highest BCUT2D eigenvalue weighted by atomic mass is 35.5. The monoisotopic (exact) mass is 402 g/mol. The summed E-state index contributed by atoms with van der Waals surface area (Å²) in [4.78, 5) is 30.0. The summed E-state index contributed by atoms with van der Waals surface area (Å²) in [7, 11) is 0. The molecule has 0 radical (unpaired) electrons. The molecule has 1 aromatic carbocycles. The zero-order chi connectivity index (χ0) is 18.1. The van der Waals surface area contributed by atoms with Crippen molar-refractivity contribution in [3.8, 4) is 10.6 Å². The fraction of sp³-hybridized carbons (Fsp3) is 0.0588. The normalized spacial score (nSPS) is 11.0. The molecule has 0 aliphatic carbocycles. The molecule has 0 aliphatic rings. The topological polar surface area (TPSA) is 76.9 Å². The van der Waals surface area contributed by atoms with Crippen LogP contribution in [0, 0.1) is 0 Å². The summed E-state index contributed by atoms with van der Waals surface area (Å²) in [5.41, 5.74) is 0.453. The van der Waals surface area contributed by atoms with Crippen molar-refractivity contribution in [2.75, 3.05) is 5.32 Å². The van der Waals surface area contributed by atoms with Crippen LogP contribution in [-0.2, 0) is 11.3 Å². The number of hydrogen-bond acceptors (Lipinski definition) is 6. The van der Waals surface area contributed by atoms with Crippen molar-refractivity contribution < 1.29 is 4.79 Å². The van der Waals surface area contributed by atoms with E-state index in [2.05, 4.69) is 15.4 Å². The lowest BCUT2D eigenvalue weighted by Crippen LogP contribution is -2.29. The molecule has 3 aromatic heterocycles. The summed E-state index contributed by atoms with van der Waals surface area (Å²) in [6, 6.07) is 10.8. The SMILES string of the molecule is O=C(Cn1ncc2ccccc2c1=O)Nc1nc(-c2ccc(Cl)s2)cs1. The van der Waals surface area contributed by atoms with Crippen molar-refractivity contribution in [2.24, 2.45) is 0 Å². The van der Waals surface area contributed by atoms with Crippen LogP contribution in [0.4, 0.5) is 5.13 Å². The van der Waals surface area contributed by atoms with Crippen molar-refractivity contribution in [1.82, 2.24) is 14.8 Å². The van der Waals surface area contributed by atoms with Gasteiger partial charge in [-0.15, -0.1) is 22.7 Å². The van der Waals surface area contributed by atoms with Gasteiger partial charge in [0.1, 0.15) is 6.54 Å². The highest BCUT2D eigenvalue weighted by molar-refractivity contribution is 7.20. The minimum absolute atomic E-state index is 0.177. The molecule has 26 heavy (non-hydrogen) atoms. The van der Waals surface area contributed by atoms with E-state index in [9.17, 15) is 9.59 Å². The van der Waals surface area contributed by atoms with Crippen LogP contribution in [0.2, 0.25) is 4.34 Å². The second-order valence-corrected chi connectivity index (χ2v) is 7.96. The Morgan fingerprint density at radius 3 is 2.88 bits per heavy atom. The summed E-state index contributed by atoms with van der Waals surface area (Å²) in [6.07, 6.45) is 1.58. The summed E-state index contributed by atoms with van der Waals surface area (Å²) in [5, 5.41) is 10.3. The molecule has 6 nitrogen and oxygen atoms in total. The number of halogens is 1. The first-order chi connectivity index (χ1) is 12.6. The second kappa shape index (κ2) is 6.99. The largest absolute Gasteiger partial charge is 0.300 e. The number of nitrogens with zero attached hydrogens (tertiary/aromatic N) is 3. The molecule has 0 aliphatic heterocycles. The van der Waals surface area contributed by atoms with Gasteiger partial charge in [-0.3, -0.25) is 9.59 Å². The van der Waals surface area contributed by atoms with Crippen molar-refractivity contribution in [3.63, 3.8) is 0 Å². The molecule has 1 amide bonds. The summed E-state index contributed by atoms with van der Waals surface area (Å²) < 4.78 is 1.82. The highest BCUT2D eigenvalue weighted by Gasteiger charge is 2.12. The summed E-state index contributed by atoms with van der Waals surface area (Å²) >= 11 is 8.67. The first-order valence-electron chi connectivity index (χ1n) is 7.56. The Morgan fingerprint density at radius 1 is 1.23 bits per heavy atom. The molecular formula is C17H11ClN4O2S2. The predicted molar refractivity (Wildman–Crippen MR) is 105 cm³/mol. The third-order valence-corrected chi connectivity index (χ3v) is 5.64. The van der Waals surface area contributed by atoms with Gasteiger partial charge in [0.05, 0.1) is 26.5 Å². The number of hydrogen-bond donors (Lipinski definition) is 1. The van der Waals surface area contributed by atoms with E-state index < -0.39 is 0 Å². The molecule has 0 saturated carbocycles. The molecule has 3 heterocycles. The van der Waals surface area contributed by atoms with Crippen molar-refractivity contribution >= 4 is 56.1 Å². The molecule has 1 N–H and O–H groups in total. The number of amides is 1. The standard InChI is InChI=1S/C17H11ClN4O2S2/c18-14-6-5-13(26-14)12-9-25-17(20-12)21-15(23)8-22-16(24)11-4-2-1-3-10(11)7-19-22/h1-7,9H,8H2,(H,20,21,23). The number of thiophene rings is 1. The van der Waals surface area contributed by atoms with Crippen LogP contribution >= 0.6 is 34.3 Å². The molecular weight excluding hydrogens is 392 g/mol. The third kappa shape index (κ3) is 3.39. The van der Waals surface area contributed by atoms with E-state index in [0.29, 0.717) is 14.9 Å². The third-order valence-electron chi connectivity index (χ3n) is 3.63. The lowest BCUT2D eigenvalue weighted by Gasteiger charge is -2.05. The fourth-order valence-electron chi connectivity index (χ4n) is 2.43. The van der Waals surface area contributed by atoms with Crippen LogP contribution in [0.25, 0.3) is 21.3 Å². The molecule has 0 spiro atoms. The first kappa shape index (κ1) is 16.9. The van der Waals surface area contributed by atoms with Crippen LogP contribution in [-0.4, -0.2) is 20.7 Å². The minimum atomic E-state index is -0.361. The Morgan fingerprint density at radius 2 is 2.08 bits per heavy atom. The van der Waals surface area contributed by atoms with Crippen LogP contribution < -0.4 is 10.9 Å². The van der Waals surface area contributed by atoms with E-state index in [0.717, 1.165) is 20.6 Å². The van der Waals surface area contributed by atoms with Gasteiger partial charge in [-0.05, 0) is 18.2 Å². The van der Waals surface area contributed by atoms with Crippen LogP contribution in [0.15, 0.2) is 52.8 Å². The minimum Gasteiger partial charge on any atom is -0.300 e. The Kier molecular flexibility index (Phi) is 4.54. The first-order valence-corrected chi connectivity index (χ1v) is 9.63. The zero-order valence-electron chi connectivity index (χ0n) is 13.2. The predicted octanol–water partition coefficient (Wildman–Crippen LogP) is 3.87. The Labute approximate surface area is 160 Å². The van der Waals surface area contributed by atoms with Crippen molar-refractivity contribution in [2.45, 2.75) is 6.54 Å². The molecule has 130 valence electrons. The zero-order valence-corrected chi connectivity index (χ0v) is 15.6. The second-order valence-electron chi connectivity index (χ2n) is 5.38. The molecule has 4 rings (SSSR count). The van der Waals surface area contributed by atoms with Gasteiger partial charge >= 0.3 is 0 Å². The van der Waals surface area contributed by atoms with Gasteiger partial charge in [-0.2, -0.15) is 5.10 Å². The van der Waals surface area contributed by atoms with Gasteiger partial charge < -0.3 is 5.32 Å². The van der Waals surface area contributed by atoms with E-state index in [4.69, 9.17) is 11.6 Å². The number of carbonyl (C=O) groups excluding carboxylic acids is 1. The van der Waals surface area contributed by atoms with Crippen LogP contribution in [0.5, 0.6) is 0 Å². The van der Waals surface area contributed by atoms with Gasteiger partial charge in [-0.25, -0.2) is 9.67 Å². The number of anilines is 1. The molecule has 9 heteroatoms. The number of carbonyl (C=O) groups is 1. The number of thiazole rings is 1. The lowest BCUT2D eigenvalue weighted by molar-refractivity contribution is -0.117. The van der Waals surface area contributed by atoms with Gasteiger partial charge in [0.15, 0.2) is 5.13 Å². The van der Waals surface area contributed by atoms with E-state index in [1.807, 2.05) is 23.6 Å². The average Bonchev–Trinajstić information content (AvgIpc) is 3.26. The lowest BCUT2D eigenvalue weighted by atomic mass is 10.2. The molecule has 0 atom stereocenters. The van der Waals surface area contributed by atoms with E-state index in [1.165, 1.54) is 22.7 Å². The van der Waals surface area contributed by atoms with Crippen LogP contribution in [0.3, 0.4) is 0 Å². The van der Waals surface area contributed by atoms with Crippen molar-refractivity contribution in [3.05, 3.63) is 62.7 Å². The van der Waals surface area contributed by atoms with E-state index in [-0.39, 0.29) is 18.0 Å². The molecule has 0 bridgehead atoms. The van der Waals surface area contributed by atoms with E-state index >= 15 is 0 Å². The van der Waals surface area contributed by atoms with E-state index in [1.54, 1.807) is 24.4 Å². The van der Waals surface area contributed by atoms with Gasteiger partial charge in [-0.1, -0.05) is 29.8 Å². The maximum Gasteiger partial charge on any atom is 0.275 e. The number of rotatable bonds is 4. The van der Waals surface area contributed by atoms with Gasteiger partial charge in [0, 0.05) is 10.8 Å². The number of aromatic nitrogens is 3. The quantitative estimate of drug-likeness (QED) is 0.562.